The third kappa shape index (κ3) is 4.80. The zero-order valence-corrected chi connectivity index (χ0v) is 15.6. The van der Waals surface area contributed by atoms with Gasteiger partial charge in [0.2, 0.25) is 15.9 Å². The van der Waals surface area contributed by atoms with E-state index in [-0.39, 0.29) is 23.8 Å². The Morgan fingerprint density at radius 3 is 2.42 bits per heavy atom. The summed E-state index contributed by atoms with van der Waals surface area (Å²) in [6.45, 7) is 1.42. The van der Waals surface area contributed by atoms with Crippen LogP contribution in [-0.2, 0) is 21.4 Å². The van der Waals surface area contributed by atoms with Crippen LogP contribution in [0.25, 0.3) is 0 Å². The summed E-state index contributed by atoms with van der Waals surface area (Å²) in [5.41, 5.74) is 1.12. The Hall–Kier alpha value is -2.45. The number of sulfonamides is 1. The predicted octanol–water partition coefficient (Wildman–Crippen LogP) is 2.08. The Balaban J connectivity index is 1.97. The van der Waals surface area contributed by atoms with Crippen LogP contribution in [0.15, 0.2) is 47.4 Å². The van der Waals surface area contributed by atoms with Crippen molar-refractivity contribution < 1.29 is 22.3 Å². The van der Waals surface area contributed by atoms with Crippen molar-refractivity contribution in [3.63, 3.8) is 0 Å². The van der Waals surface area contributed by atoms with E-state index in [1.165, 1.54) is 44.5 Å². The third-order valence-electron chi connectivity index (χ3n) is 3.86. The molecule has 0 fully saturated rings. The van der Waals surface area contributed by atoms with Crippen LogP contribution in [0.1, 0.15) is 11.1 Å². The van der Waals surface area contributed by atoms with Crippen molar-refractivity contribution in [2.24, 2.45) is 0 Å². The van der Waals surface area contributed by atoms with Crippen LogP contribution >= 0.6 is 0 Å². The second-order valence-corrected chi connectivity index (χ2v) is 7.84. The van der Waals surface area contributed by atoms with Gasteiger partial charge in [0, 0.05) is 13.6 Å². The highest BCUT2D eigenvalue weighted by Gasteiger charge is 2.22. The molecule has 0 saturated heterocycles. The average molecular weight is 380 g/mol. The number of amides is 1. The molecule has 2 aromatic carbocycles. The number of nitrogens with one attached hydrogen (secondary N) is 1. The largest absolute Gasteiger partial charge is 0.497 e. The number of hydrogen-bond donors (Lipinski definition) is 1. The van der Waals surface area contributed by atoms with Crippen molar-refractivity contribution in [1.82, 2.24) is 9.62 Å². The summed E-state index contributed by atoms with van der Waals surface area (Å²) < 4.78 is 44.4. The fourth-order valence-corrected chi connectivity index (χ4v) is 3.34. The molecule has 8 heteroatoms. The number of halogens is 1. The number of carbonyl (C=O) groups is 1. The minimum atomic E-state index is -3.80. The highest BCUT2D eigenvalue weighted by Crippen LogP contribution is 2.18. The second kappa shape index (κ2) is 8.29. The molecule has 0 atom stereocenters. The lowest BCUT2D eigenvalue weighted by atomic mass is 10.1. The van der Waals surface area contributed by atoms with E-state index in [2.05, 4.69) is 5.32 Å². The minimum Gasteiger partial charge on any atom is -0.497 e. The fourth-order valence-electron chi connectivity index (χ4n) is 2.22. The maximum Gasteiger partial charge on any atom is 0.243 e. The Morgan fingerprint density at radius 2 is 1.85 bits per heavy atom. The number of aryl methyl sites for hydroxylation is 1. The first-order valence-corrected chi connectivity index (χ1v) is 9.30. The van der Waals surface area contributed by atoms with Crippen LogP contribution in [0, 0.1) is 12.7 Å². The van der Waals surface area contributed by atoms with Crippen LogP contribution in [0.4, 0.5) is 4.39 Å². The number of likely N-dealkylation sites (N-methyl/N-ethyl adjacent to an activating group) is 1. The molecule has 2 rings (SSSR count). The molecule has 0 aliphatic carbocycles. The molecule has 0 aromatic heterocycles. The normalized spacial score (nSPS) is 11.4. The van der Waals surface area contributed by atoms with Crippen molar-refractivity contribution in [2.45, 2.75) is 18.4 Å². The number of methoxy groups -OCH3 is 1. The van der Waals surface area contributed by atoms with Gasteiger partial charge in [-0.2, -0.15) is 4.31 Å². The molecule has 26 heavy (non-hydrogen) atoms. The van der Waals surface area contributed by atoms with E-state index in [4.69, 9.17) is 4.74 Å². The molecule has 0 spiro atoms. The molecule has 6 nitrogen and oxygen atoms in total. The van der Waals surface area contributed by atoms with Crippen molar-refractivity contribution >= 4 is 15.9 Å². The van der Waals surface area contributed by atoms with E-state index in [0.717, 1.165) is 4.31 Å². The molecule has 0 aliphatic heterocycles. The van der Waals surface area contributed by atoms with Gasteiger partial charge in [-0.25, -0.2) is 12.8 Å². The summed E-state index contributed by atoms with van der Waals surface area (Å²) in [5.74, 6) is -0.295. The van der Waals surface area contributed by atoms with E-state index in [1.54, 1.807) is 19.1 Å². The molecular weight excluding hydrogens is 359 g/mol. The van der Waals surface area contributed by atoms with Gasteiger partial charge in [0.05, 0.1) is 18.6 Å². The molecule has 0 unspecified atom stereocenters. The third-order valence-corrected chi connectivity index (χ3v) is 5.68. The summed E-state index contributed by atoms with van der Waals surface area (Å²) >= 11 is 0. The van der Waals surface area contributed by atoms with Crippen molar-refractivity contribution in [1.29, 1.82) is 0 Å². The van der Waals surface area contributed by atoms with Gasteiger partial charge >= 0.3 is 0 Å². The predicted molar refractivity (Wildman–Crippen MR) is 95.8 cm³/mol. The summed E-state index contributed by atoms with van der Waals surface area (Å²) in [4.78, 5) is 12.1. The van der Waals surface area contributed by atoms with Gasteiger partial charge in [-0.05, 0) is 48.4 Å². The minimum absolute atomic E-state index is 0.0641. The molecule has 0 radical (unpaired) electrons. The number of hydrogen-bond acceptors (Lipinski definition) is 4. The monoisotopic (exact) mass is 380 g/mol. The average Bonchev–Trinajstić information content (AvgIpc) is 2.62. The van der Waals surface area contributed by atoms with Gasteiger partial charge in [0.25, 0.3) is 0 Å². The van der Waals surface area contributed by atoms with E-state index in [1.807, 2.05) is 0 Å². The zero-order valence-electron chi connectivity index (χ0n) is 14.8. The Morgan fingerprint density at radius 1 is 1.19 bits per heavy atom. The van der Waals surface area contributed by atoms with Crippen molar-refractivity contribution in [2.75, 3.05) is 20.7 Å². The highest BCUT2D eigenvalue weighted by atomic mass is 32.2. The SMILES string of the molecule is COc1ccc(S(=O)(=O)N(C)CC(=O)NCc2ccc(C)c(F)c2)cc1. The van der Waals surface area contributed by atoms with Gasteiger partial charge < -0.3 is 10.1 Å². The molecule has 140 valence electrons. The molecule has 0 bridgehead atoms. The first-order chi connectivity index (χ1) is 12.2. The number of rotatable bonds is 7. The van der Waals surface area contributed by atoms with Crippen LogP contribution in [0.5, 0.6) is 5.75 Å². The fraction of sp³-hybridized carbons (Fsp3) is 0.278. The highest BCUT2D eigenvalue weighted by molar-refractivity contribution is 7.89. The quantitative estimate of drug-likeness (QED) is 0.798. The van der Waals surface area contributed by atoms with E-state index in [9.17, 15) is 17.6 Å². The van der Waals surface area contributed by atoms with Gasteiger partial charge in [0.15, 0.2) is 0 Å². The number of benzene rings is 2. The molecular formula is C18H21FN2O4S. The Kier molecular flexibility index (Phi) is 6.33. The lowest BCUT2D eigenvalue weighted by Crippen LogP contribution is -2.38. The topological polar surface area (TPSA) is 75.7 Å². The standard InChI is InChI=1S/C18H21FN2O4S/c1-13-4-5-14(10-17(13)19)11-20-18(22)12-21(2)26(23,24)16-8-6-15(25-3)7-9-16/h4-10H,11-12H2,1-3H3,(H,20,22). The summed E-state index contributed by atoms with van der Waals surface area (Å²) in [7, 11) is -0.987. The first-order valence-electron chi connectivity index (χ1n) is 7.86. The van der Waals surface area contributed by atoms with E-state index >= 15 is 0 Å². The Bertz CT molecular complexity index is 883. The molecule has 0 saturated carbocycles. The van der Waals surface area contributed by atoms with E-state index < -0.39 is 15.9 Å². The lowest BCUT2D eigenvalue weighted by molar-refractivity contribution is -0.121. The number of nitrogens with zero attached hydrogens (tertiary/aromatic N) is 1. The van der Waals surface area contributed by atoms with Crippen molar-refractivity contribution in [3.05, 3.63) is 59.4 Å². The van der Waals surface area contributed by atoms with Crippen LogP contribution < -0.4 is 10.1 Å². The summed E-state index contributed by atoms with van der Waals surface area (Å²) in [5, 5.41) is 2.59. The zero-order chi connectivity index (χ0) is 19.3. The summed E-state index contributed by atoms with van der Waals surface area (Å²) in [6.07, 6.45) is 0. The molecule has 1 N–H and O–H groups in total. The lowest BCUT2D eigenvalue weighted by Gasteiger charge is -2.17. The van der Waals surface area contributed by atoms with Crippen LogP contribution in [0.2, 0.25) is 0 Å². The summed E-state index contributed by atoms with van der Waals surface area (Å²) in [6, 6.07) is 10.6. The number of ether oxygens (including phenoxy) is 1. The van der Waals surface area contributed by atoms with Crippen molar-refractivity contribution in [3.8, 4) is 5.75 Å². The molecule has 2 aromatic rings. The molecule has 0 aliphatic rings. The van der Waals surface area contributed by atoms with E-state index in [0.29, 0.717) is 16.9 Å². The molecule has 1 amide bonds. The number of carbonyl (C=O) groups excluding carboxylic acids is 1. The first kappa shape index (κ1) is 19.9. The van der Waals surface area contributed by atoms with Gasteiger partial charge in [-0.3, -0.25) is 4.79 Å². The maximum atomic E-state index is 13.5. The second-order valence-electron chi connectivity index (χ2n) is 5.80. The maximum absolute atomic E-state index is 13.5. The van der Waals surface area contributed by atoms with Gasteiger partial charge in [-0.1, -0.05) is 12.1 Å². The smallest absolute Gasteiger partial charge is 0.243 e. The molecule has 0 heterocycles. The van der Waals surface area contributed by atoms with Gasteiger partial charge in [0.1, 0.15) is 11.6 Å². The van der Waals surface area contributed by atoms with Crippen LogP contribution in [0.3, 0.4) is 0 Å². The Labute approximate surface area is 152 Å². The van der Waals surface area contributed by atoms with Crippen LogP contribution in [-0.4, -0.2) is 39.3 Å². The van der Waals surface area contributed by atoms with Gasteiger partial charge in [-0.15, -0.1) is 0 Å².